The smallest absolute Gasteiger partial charge is 0.407 e. The first kappa shape index (κ1) is 13.7. The summed E-state index contributed by atoms with van der Waals surface area (Å²) in [4.78, 5) is 22.7. The largest absolute Gasteiger partial charge is 0.465 e. The van der Waals surface area contributed by atoms with Crippen LogP contribution in [0.5, 0.6) is 0 Å². The first-order valence-corrected chi connectivity index (χ1v) is 6.32. The van der Waals surface area contributed by atoms with Gasteiger partial charge in [-0.3, -0.25) is 4.90 Å². The van der Waals surface area contributed by atoms with Gasteiger partial charge in [0, 0.05) is 13.1 Å². The van der Waals surface area contributed by atoms with Crippen LogP contribution in [0.4, 0.5) is 16.4 Å². The maximum atomic E-state index is 11.2. The number of hydrogen-bond acceptors (Lipinski definition) is 5. The van der Waals surface area contributed by atoms with E-state index in [1.54, 1.807) is 6.20 Å². The monoisotopic (exact) mass is 285 g/mol. The highest BCUT2D eigenvalue weighted by molar-refractivity contribution is 6.31. The van der Waals surface area contributed by atoms with Crippen molar-refractivity contribution >= 4 is 29.3 Å². The maximum Gasteiger partial charge on any atom is 0.407 e. The van der Waals surface area contributed by atoms with Gasteiger partial charge in [-0.25, -0.2) is 14.8 Å². The van der Waals surface area contributed by atoms with E-state index in [4.69, 9.17) is 22.4 Å². The van der Waals surface area contributed by atoms with Crippen LogP contribution in [-0.2, 0) is 0 Å². The SMILES string of the molecule is C[C@@H]1CN(c2cnc(Cl)c(N)n2)C[C@H](C)N1C(=O)O. The van der Waals surface area contributed by atoms with Crippen molar-refractivity contribution in [2.75, 3.05) is 23.7 Å². The number of nitrogens with two attached hydrogens (primary N) is 1. The van der Waals surface area contributed by atoms with Gasteiger partial charge in [-0.05, 0) is 13.8 Å². The highest BCUT2D eigenvalue weighted by Crippen LogP contribution is 2.23. The molecule has 2 rings (SSSR count). The van der Waals surface area contributed by atoms with Crippen molar-refractivity contribution in [1.82, 2.24) is 14.9 Å². The Hall–Kier alpha value is -1.76. The number of nitrogens with zero attached hydrogens (tertiary/aromatic N) is 4. The summed E-state index contributed by atoms with van der Waals surface area (Å²) in [6, 6.07) is -0.250. The normalized spacial score (nSPS) is 23.5. The minimum absolute atomic E-state index is 0.125. The average Bonchev–Trinajstić information content (AvgIpc) is 2.31. The molecule has 1 saturated heterocycles. The second-order valence-electron chi connectivity index (χ2n) is 4.70. The van der Waals surface area contributed by atoms with Crippen molar-refractivity contribution < 1.29 is 9.90 Å². The van der Waals surface area contributed by atoms with Gasteiger partial charge in [-0.2, -0.15) is 0 Å². The molecule has 0 radical (unpaired) electrons. The van der Waals surface area contributed by atoms with E-state index in [0.717, 1.165) is 0 Å². The van der Waals surface area contributed by atoms with Crippen LogP contribution in [0.1, 0.15) is 13.8 Å². The molecule has 8 heteroatoms. The Balaban J connectivity index is 2.20. The minimum Gasteiger partial charge on any atom is -0.465 e. The number of amides is 1. The van der Waals surface area contributed by atoms with E-state index in [2.05, 4.69) is 9.97 Å². The van der Waals surface area contributed by atoms with Gasteiger partial charge in [0.05, 0.1) is 18.3 Å². The fourth-order valence-electron chi connectivity index (χ4n) is 2.42. The molecule has 1 fully saturated rings. The lowest BCUT2D eigenvalue weighted by Crippen LogP contribution is -2.58. The Morgan fingerprint density at radius 1 is 1.47 bits per heavy atom. The summed E-state index contributed by atoms with van der Waals surface area (Å²) in [6.45, 7) is 4.83. The molecule has 1 aliphatic heterocycles. The molecule has 7 nitrogen and oxygen atoms in total. The number of aromatic nitrogens is 2. The third-order valence-electron chi connectivity index (χ3n) is 3.20. The molecule has 0 bridgehead atoms. The van der Waals surface area contributed by atoms with Gasteiger partial charge in [0.2, 0.25) is 0 Å². The molecule has 3 N–H and O–H groups in total. The van der Waals surface area contributed by atoms with Gasteiger partial charge in [0.1, 0.15) is 5.82 Å². The minimum atomic E-state index is -0.902. The molecule has 1 aromatic rings. The van der Waals surface area contributed by atoms with Gasteiger partial charge in [0.25, 0.3) is 0 Å². The van der Waals surface area contributed by atoms with Crippen LogP contribution >= 0.6 is 11.6 Å². The average molecular weight is 286 g/mol. The van der Waals surface area contributed by atoms with Gasteiger partial charge in [0.15, 0.2) is 11.0 Å². The van der Waals surface area contributed by atoms with Crippen LogP contribution in [0.25, 0.3) is 0 Å². The first-order chi connectivity index (χ1) is 8.90. The zero-order valence-corrected chi connectivity index (χ0v) is 11.5. The number of nitrogen functional groups attached to an aromatic ring is 1. The van der Waals surface area contributed by atoms with Crippen LogP contribution in [0, 0.1) is 0 Å². The molecule has 0 saturated carbocycles. The Morgan fingerprint density at radius 3 is 2.53 bits per heavy atom. The molecule has 19 heavy (non-hydrogen) atoms. The van der Waals surface area contributed by atoms with Gasteiger partial charge >= 0.3 is 6.09 Å². The fourth-order valence-corrected chi connectivity index (χ4v) is 2.51. The van der Waals surface area contributed by atoms with Crippen molar-refractivity contribution in [2.24, 2.45) is 0 Å². The second-order valence-corrected chi connectivity index (χ2v) is 5.06. The van der Waals surface area contributed by atoms with E-state index in [-0.39, 0.29) is 23.1 Å². The molecule has 0 unspecified atom stereocenters. The number of halogens is 1. The number of rotatable bonds is 1. The summed E-state index contributed by atoms with van der Waals surface area (Å²) in [6.07, 6.45) is 0.649. The van der Waals surface area contributed by atoms with E-state index >= 15 is 0 Å². The molecule has 0 aromatic carbocycles. The molecule has 0 spiro atoms. The number of carbonyl (C=O) groups is 1. The third kappa shape index (κ3) is 2.65. The number of hydrogen-bond donors (Lipinski definition) is 2. The Morgan fingerprint density at radius 2 is 2.05 bits per heavy atom. The lowest BCUT2D eigenvalue weighted by atomic mass is 10.1. The highest BCUT2D eigenvalue weighted by atomic mass is 35.5. The maximum absolute atomic E-state index is 11.2. The molecule has 0 aliphatic carbocycles. The van der Waals surface area contributed by atoms with E-state index in [1.807, 2.05) is 18.7 Å². The van der Waals surface area contributed by atoms with E-state index < -0.39 is 6.09 Å². The van der Waals surface area contributed by atoms with E-state index in [1.165, 1.54) is 4.90 Å². The van der Waals surface area contributed by atoms with Crippen molar-refractivity contribution in [3.8, 4) is 0 Å². The number of piperazine rings is 1. The fraction of sp³-hybridized carbons (Fsp3) is 0.545. The van der Waals surface area contributed by atoms with Crippen molar-refractivity contribution in [3.05, 3.63) is 11.3 Å². The zero-order chi connectivity index (χ0) is 14.2. The Bertz CT molecular complexity index is 486. The van der Waals surface area contributed by atoms with Gasteiger partial charge in [-0.1, -0.05) is 11.6 Å². The van der Waals surface area contributed by atoms with Crippen LogP contribution < -0.4 is 10.6 Å². The van der Waals surface area contributed by atoms with Crippen molar-refractivity contribution in [1.29, 1.82) is 0 Å². The standard InChI is InChI=1S/C11H16ClN5O2/c1-6-4-16(5-7(2)17(6)11(18)19)8-3-14-9(12)10(13)15-8/h3,6-7H,4-5H2,1-2H3,(H2,13,15)(H,18,19)/t6-,7+. The topological polar surface area (TPSA) is 95.6 Å². The Labute approximate surface area is 116 Å². The Kier molecular flexibility index (Phi) is 3.66. The van der Waals surface area contributed by atoms with Gasteiger partial charge < -0.3 is 15.7 Å². The lowest BCUT2D eigenvalue weighted by molar-refractivity contribution is 0.0981. The molecule has 1 amide bonds. The summed E-state index contributed by atoms with van der Waals surface area (Å²) in [5, 5.41) is 9.33. The molecular weight excluding hydrogens is 270 g/mol. The summed E-state index contributed by atoms with van der Waals surface area (Å²) >= 11 is 5.74. The molecule has 1 aliphatic rings. The molecule has 2 heterocycles. The van der Waals surface area contributed by atoms with Crippen LogP contribution in [-0.4, -0.2) is 51.2 Å². The highest BCUT2D eigenvalue weighted by Gasteiger charge is 2.33. The predicted molar refractivity (Wildman–Crippen MR) is 72.5 cm³/mol. The van der Waals surface area contributed by atoms with Gasteiger partial charge in [-0.15, -0.1) is 0 Å². The molecular formula is C11H16ClN5O2. The predicted octanol–water partition coefficient (Wildman–Crippen LogP) is 1.29. The van der Waals surface area contributed by atoms with E-state index in [0.29, 0.717) is 18.9 Å². The number of anilines is 2. The lowest BCUT2D eigenvalue weighted by Gasteiger charge is -2.43. The van der Waals surface area contributed by atoms with Crippen LogP contribution in [0.2, 0.25) is 5.15 Å². The molecule has 1 aromatic heterocycles. The van der Waals surface area contributed by atoms with Crippen molar-refractivity contribution in [3.63, 3.8) is 0 Å². The van der Waals surface area contributed by atoms with Crippen molar-refractivity contribution in [2.45, 2.75) is 25.9 Å². The van der Waals surface area contributed by atoms with Crippen LogP contribution in [0.15, 0.2) is 6.20 Å². The summed E-state index contributed by atoms with van der Waals surface area (Å²) in [7, 11) is 0. The summed E-state index contributed by atoms with van der Waals surface area (Å²) in [5.41, 5.74) is 5.64. The quantitative estimate of drug-likeness (QED) is 0.807. The van der Waals surface area contributed by atoms with Crippen LogP contribution in [0.3, 0.4) is 0 Å². The summed E-state index contributed by atoms with van der Waals surface area (Å²) in [5.74, 6) is 0.797. The zero-order valence-electron chi connectivity index (χ0n) is 10.7. The molecule has 104 valence electrons. The summed E-state index contributed by atoms with van der Waals surface area (Å²) < 4.78 is 0. The number of carboxylic acid groups (broad SMARTS) is 1. The first-order valence-electron chi connectivity index (χ1n) is 5.94. The second kappa shape index (κ2) is 5.08. The third-order valence-corrected chi connectivity index (χ3v) is 3.49. The van der Waals surface area contributed by atoms with E-state index in [9.17, 15) is 4.79 Å². The molecule has 2 atom stereocenters.